The molecule has 0 aromatic heterocycles. The lowest BCUT2D eigenvalue weighted by atomic mass is 10.1. The SMILES string of the molecule is CCc1ccc(N2C(=O)C(Cl)=C(Nc3cccc(C(=O)Nc4ccc(I)cc4C)c3)C2=O)cc1. The minimum absolute atomic E-state index is 0.0303. The van der Waals surface area contributed by atoms with E-state index < -0.39 is 11.8 Å². The third-order valence-electron chi connectivity index (χ3n) is 5.46. The molecule has 1 aliphatic rings. The number of hydrogen-bond acceptors (Lipinski definition) is 4. The van der Waals surface area contributed by atoms with E-state index in [0.717, 1.165) is 31.7 Å². The largest absolute Gasteiger partial charge is 0.350 e. The van der Waals surface area contributed by atoms with E-state index in [0.29, 0.717) is 16.9 Å². The van der Waals surface area contributed by atoms with Gasteiger partial charge in [-0.25, -0.2) is 4.90 Å². The van der Waals surface area contributed by atoms with Gasteiger partial charge in [-0.15, -0.1) is 0 Å². The van der Waals surface area contributed by atoms with Crippen LogP contribution in [-0.2, 0) is 16.0 Å². The molecule has 0 unspecified atom stereocenters. The van der Waals surface area contributed by atoms with Gasteiger partial charge in [-0.3, -0.25) is 14.4 Å². The Morgan fingerprint density at radius 1 is 1.00 bits per heavy atom. The molecule has 0 aliphatic carbocycles. The molecule has 0 atom stereocenters. The second-order valence-corrected chi connectivity index (χ2v) is 9.40. The average Bonchev–Trinajstić information content (AvgIpc) is 3.04. The lowest BCUT2D eigenvalue weighted by Crippen LogP contribution is -2.32. The molecular formula is C26H21ClIN3O3. The van der Waals surface area contributed by atoms with Crippen molar-refractivity contribution in [2.45, 2.75) is 20.3 Å². The van der Waals surface area contributed by atoms with Crippen LogP contribution in [0.15, 0.2) is 77.5 Å². The molecule has 3 amide bonds. The highest BCUT2D eigenvalue weighted by molar-refractivity contribution is 14.1. The van der Waals surface area contributed by atoms with E-state index in [1.807, 2.05) is 44.2 Å². The topological polar surface area (TPSA) is 78.5 Å². The van der Waals surface area contributed by atoms with Crippen molar-refractivity contribution in [3.05, 3.63) is 97.7 Å². The lowest BCUT2D eigenvalue weighted by Gasteiger charge is -2.15. The summed E-state index contributed by atoms with van der Waals surface area (Å²) >= 11 is 8.46. The molecule has 0 radical (unpaired) electrons. The van der Waals surface area contributed by atoms with Crippen molar-refractivity contribution in [3.63, 3.8) is 0 Å². The van der Waals surface area contributed by atoms with E-state index in [2.05, 4.69) is 33.2 Å². The number of carbonyl (C=O) groups excluding carboxylic acids is 3. The first-order valence-electron chi connectivity index (χ1n) is 10.6. The van der Waals surface area contributed by atoms with Crippen molar-refractivity contribution in [2.24, 2.45) is 0 Å². The Morgan fingerprint density at radius 3 is 2.41 bits per heavy atom. The van der Waals surface area contributed by atoms with Crippen LogP contribution in [0, 0.1) is 10.5 Å². The average molecular weight is 586 g/mol. The molecular weight excluding hydrogens is 565 g/mol. The predicted octanol–water partition coefficient (Wildman–Crippen LogP) is 5.85. The van der Waals surface area contributed by atoms with Crippen LogP contribution < -0.4 is 15.5 Å². The smallest absolute Gasteiger partial charge is 0.283 e. The first-order valence-corrected chi connectivity index (χ1v) is 12.1. The van der Waals surface area contributed by atoms with Crippen molar-refractivity contribution in [1.82, 2.24) is 0 Å². The summed E-state index contributed by atoms with van der Waals surface area (Å²) in [6.07, 6.45) is 0.848. The first kappa shape index (κ1) is 24.0. The maximum atomic E-state index is 13.0. The maximum Gasteiger partial charge on any atom is 0.283 e. The number of anilines is 3. The number of hydrogen-bond donors (Lipinski definition) is 2. The van der Waals surface area contributed by atoms with E-state index in [1.54, 1.807) is 36.4 Å². The van der Waals surface area contributed by atoms with Crippen LogP contribution in [0.2, 0.25) is 0 Å². The van der Waals surface area contributed by atoms with E-state index in [4.69, 9.17) is 11.6 Å². The number of nitrogens with one attached hydrogen (secondary N) is 2. The molecule has 172 valence electrons. The number of carbonyl (C=O) groups is 3. The van der Waals surface area contributed by atoms with Crippen molar-refractivity contribution >= 4 is 69.0 Å². The molecule has 0 saturated heterocycles. The van der Waals surface area contributed by atoms with Crippen LogP contribution in [0.3, 0.4) is 0 Å². The minimum Gasteiger partial charge on any atom is -0.350 e. The Balaban J connectivity index is 1.53. The van der Waals surface area contributed by atoms with Gasteiger partial charge < -0.3 is 10.6 Å². The highest BCUT2D eigenvalue weighted by atomic mass is 127. The van der Waals surface area contributed by atoms with Gasteiger partial charge in [0.25, 0.3) is 17.7 Å². The van der Waals surface area contributed by atoms with Gasteiger partial charge in [-0.05, 0) is 95.6 Å². The van der Waals surface area contributed by atoms with Gasteiger partial charge in [0.2, 0.25) is 0 Å². The van der Waals surface area contributed by atoms with Crippen molar-refractivity contribution in [2.75, 3.05) is 15.5 Å². The summed E-state index contributed by atoms with van der Waals surface area (Å²) in [5.74, 6) is -1.44. The van der Waals surface area contributed by atoms with Gasteiger partial charge in [0.1, 0.15) is 10.7 Å². The molecule has 0 bridgehead atoms. The zero-order chi connectivity index (χ0) is 24.4. The van der Waals surface area contributed by atoms with Gasteiger partial charge in [0.05, 0.1) is 5.69 Å². The van der Waals surface area contributed by atoms with Crippen LogP contribution in [0.4, 0.5) is 17.1 Å². The van der Waals surface area contributed by atoms with Gasteiger partial charge >= 0.3 is 0 Å². The summed E-state index contributed by atoms with van der Waals surface area (Å²) in [6.45, 7) is 3.95. The highest BCUT2D eigenvalue weighted by Gasteiger charge is 2.39. The van der Waals surface area contributed by atoms with Crippen LogP contribution in [0.1, 0.15) is 28.4 Å². The molecule has 0 fully saturated rings. The maximum absolute atomic E-state index is 13.0. The van der Waals surface area contributed by atoms with Crippen molar-refractivity contribution < 1.29 is 14.4 Å². The third kappa shape index (κ3) is 4.85. The van der Waals surface area contributed by atoms with Crippen LogP contribution >= 0.6 is 34.2 Å². The van der Waals surface area contributed by atoms with Crippen LogP contribution in [0.25, 0.3) is 0 Å². The number of nitrogens with zero attached hydrogens (tertiary/aromatic N) is 1. The summed E-state index contributed by atoms with van der Waals surface area (Å²) in [6, 6.07) is 19.6. The number of amides is 3. The molecule has 8 heteroatoms. The second-order valence-electron chi connectivity index (χ2n) is 7.77. The standard InChI is InChI=1S/C26H21ClIN3O3/c1-3-16-7-10-20(11-8-16)31-25(33)22(27)23(26(31)34)29-19-6-4-5-17(14-19)24(32)30-21-12-9-18(28)13-15(21)2/h4-14,29H,3H2,1-2H3,(H,30,32). The molecule has 1 aliphatic heterocycles. The Morgan fingerprint density at radius 2 is 1.74 bits per heavy atom. The molecule has 6 nitrogen and oxygen atoms in total. The molecule has 0 saturated carbocycles. The van der Waals surface area contributed by atoms with Gasteiger partial charge in [-0.1, -0.05) is 36.7 Å². The third-order valence-corrected chi connectivity index (χ3v) is 6.48. The minimum atomic E-state index is -0.596. The summed E-state index contributed by atoms with van der Waals surface area (Å²) in [5, 5.41) is 5.63. The number of imide groups is 1. The van der Waals surface area contributed by atoms with E-state index in [1.165, 1.54) is 0 Å². The summed E-state index contributed by atoms with van der Waals surface area (Å²) in [7, 11) is 0. The summed E-state index contributed by atoms with van der Waals surface area (Å²) < 4.78 is 1.08. The fourth-order valence-corrected chi connectivity index (χ4v) is 4.43. The van der Waals surface area contributed by atoms with Crippen LogP contribution in [0.5, 0.6) is 0 Å². The Hall–Kier alpha value is -3.17. The molecule has 1 heterocycles. The quantitative estimate of drug-likeness (QED) is 0.281. The molecule has 0 spiro atoms. The summed E-state index contributed by atoms with van der Waals surface area (Å²) in [4.78, 5) is 39.6. The van der Waals surface area contributed by atoms with Gasteiger partial charge in [-0.2, -0.15) is 0 Å². The van der Waals surface area contributed by atoms with Crippen molar-refractivity contribution in [3.8, 4) is 0 Å². The first-order chi connectivity index (χ1) is 16.3. The Labute approximate surface area is 216 Å². The molecule has 34 heavy (non-hydrogen) atoms. The molecule has 2 N–H and O–H groups in total. The van der Waals surface area contributed by atoms with Crippen LogP contribution in [-0.4, -0.2) is 17.7 Å². The van der Waals surface area contributed by atoms with Crippen molar-refractivity contribution in [1.29, 1.82) is 0 Å². The van der Waals surface area contributed by atoms with E-state index in [9.17, 15) is 14.4 Å². The Kier molecular flexibility index (Phi) is 7.04. The Bertz CT molecular complexity index is 1340. The highest BCUT2D eigenvalue weighted by Crippen LogP contribution is 2.30. The monoisotopic (exact) mass is 585 g/mol. The number of benzene rings is 3. The summed E-state index contributed by atoms with van der Waals surface area (Å²) in [5.41, 5.74) is 4.04. The van der Waals surface area contributed by atoms with Gasteiger partial charge in [0.15, 0.2) is 0 Å². The number of rotatable bonds is 6. The fraction of sp³-hybridized carbons (Fsp3) is 0.115. The molecule has 4 rings (SSSR count). The number of halogens is 2. The second kappa shape index (κ2) is 9.99. The van der Waals surface area contributed by atoms with Gasteiger partial charge in [0, 0.05) is 20.5 Å². The predicted molar refractivity (Wildman–Crippen MR) is 143 cm³/mol. The lowest BCUT2D eigenvalue weighted by molar-refractivity contribution is -0.120. The molecule has 3 aromatic carbocycles. The molecule has 3 aromatic rings. The normalized spacial score (nSPS) is 13.5. The van der Waals surface area contributed by atoms with E-state index in [-0.39, 0.29) is 16.6 Å². The fourth-order valence-electron chi connectivity index (χ4n) is 3.57. The van der Waals surface area contributed by atoms with E-state index >= 15 is 0 Å². The number of aryl methyl sites for hydroxylation is 2. The zero-order valence-electron chi connectivity index (χ0n) is 18.5. The zero-order valence-corrected chi connectivity index (χ0v) is 21.4.